The third kappa shape index (κ3) is 4.32. The fourth-order valence-electron chi connectivity index (χ4n) is 2.43. The first-order valence-electron chi connectivity index (χ1n) is 6.85. The summed E-state index contributed by atoms with van der Waals surface area (Å²) in [4.78, 5) is 12.9. The van der Waals surface area contributed by atoms with Gasteiger partial charge in [-0.1, -0.05) is 0 Å². The van der Waals surface area contributed by atoms with Crippen molar-refractivity contribution < 1.29 is 4.92 Å². The number of hydrogen-bond acceptors (Lipinski definition) is 3. The normalized spacial score (nSPS) is 18.2. The Labute approximate surface area is 119 Å². The average molecular weight is 324 g/mol. The van der Waals surface area contributed by atoms with Crippen LogP contribution in [-0.2, 0) is 0 Å². The van der Waals surface area contributed by atoms with Crippen LogP contribution in [0.1, 0.15) is 19.3 Å². The number of non-ortho nitro benzene ring substituents is 1. The van der Waals surface area contributed by atoms with Crippen LogP contribution in [0.3, 0.4) is 0 Å². The predicted molar refractivity (Wildman–Crippen MR) is 79.4 cm³/mol. The number of nitrogens with zero attached hydrogens (tertiary/aromatic N) is 2. The predicted octanol–water partition coefficient (Wildman–Crippen LogP) is 2.41. The summed E-state index contributed by atoms with van der Waals surface area (Å²) >= 11 is -1.02. The van der Waals surface area contributed by atoms with E-state index in [0.29, 0.717) is 0 Å². The van der Waals surface area contributed by atoms with Gasteiger partial charge in [0.05, 0.1) is 0 Å². The molecule has 0 radical (unpaired) electrons. The van der Waals surface area contributed by atoms with Crippen LogP contribution >= 0.6 is 0 Å². The van der Waals surface area contributed by atoms with Crippen LogP contribution in [0.4, 0.5) is 5.69 Å². The van der Waals surface area contributed by atoms with Gasteiger partial charge in [-0.15, -0.1) is 0 Å². The number of benzene rings is 1. The number of nitro benzene ring substituents is 1. The van der Waals surface area contributed by atoms with Crippen LogP contribution in [0.5, 0.6) is 0 Å². The summed E-state index contributed by atoms with van der Waals surface area (Å²) in [7, 11) is 0. The number of hydrogen-bond donors (Lipinski definition) is 0. The first-order chi connectivity index (χ1) is 9.16. The first-order valence-corrected chi connectivity index (χ1v) is 11.0. The molecule has 5 heteroatoms. The van der Waals surface area contributed by atoms with Crippen molar-refractivity contribution in [3.05, 3.63) is 34.4 Å². The van der Waals surface area contributed by atoms with Crippen LogP contribution in [0.15, 0.2) is 24.3 Å². The van der Waals surface area contributed by atoms with Crippen molar-refractivity contribution in [3.63, 3.8) is 0 Å². The van der Waals surface area contributed by atoms with Crippen molar-refractivity contribution in [2.75, 3.05) is 19.6 Å². The van der Waals surface area contributed by atoms with Gasteiger partial charge in [0.2, 0.25) is 0 Å². The zero-order chi connectivity index (χ0) is 13.7. The Balaban J connectivity index is 1.84. The summed E-state index contributed by atoms with van der Waals surface area (Å²) in [6.45, 7) is 3.71. The van der Waals surface area contributed by atoms with E-state index in [9.17, 15) is 10.1 Å². The summed E-state index contributed by atoms with van der Waals surface area (Å²) in [6, 6.07) is 7.19. The van der Waals surface area contributed by atoms with Crippen LogP contribution in [-0.4, -0.2) is 44.1 Å². The second-order valence-corrected chi connectivity index (χ2v) is 10.0. The molecule has 1 aliphatic heterocycles. The molecule has 19 heavy (non-hydrogen) atoms. The van der Waals surface area contributed by atoms with E-state index in [1.54, 1.807) is 12.1 Å². The third-order valence-electron chi connectivity index (χ3n) is 3.70. The van der Waals surface area contributed by atoms with E-state index in [2.05, 4.69) is 10.6 Å². The molecule has 0 amide bonds. The maximum absolute atomic E-state index is 10.6. The van der Waals surface area contributed by atoms with Gasteiger partial charge in [0.15, 0.2) is 0 Å². The van der Waals surface area contributed by atoms with Gasteiger partial charge in [-0.05, 0) is 0 Å². The van der Waals surface area contributed by atoms with E-state index in [0.717, 1.165) is 0 Å². The molecule has 104 valence electrons. The van der Waals surface area contributed by atoms with E-state index in [-0.39, 0.29) is 10.6 Å². The van der Waals surface area contributed by atoms with Gasteiger partial charge in [0, 0.05) is 0 Å². The van der Waals surface area contributed by atoms with Gasteiger partial charge in [-0.25, -0.2) is 0 Å². The van der Waals surface area contributed by atoms with Crippen molar-refractivity contribution in [1.82, 2.24) is 4.90 Å². The number of rotatable bonds is 5. The van der Waals surface area contributed by atoms with E-state index < -0.39 is 14.7 Å². The summed E-state index contributed by atoms with van der Waals surface area (Å²) in [5, 5.41) is 11.9. The van der Waals surface area contributed by atoms with Gasteiger partial charge in [0.1, 0.15) is 0 Å². The molecule has 0 saturated carbocycles. The molecule has 2 rings (SSSR count). The second kappa shape index (κ2) is 7.06. The molecule has 1 saturated heterocycles. The molecule has 0 bridgehead atoms. The van der Waals surface area contributed by atoms with E-state index in [4.69, 9.17) is 0 Å². The Kier molecular flexibility index (Phi) is 5.41. The molecule has 0 aromatic heterocycles. The Morgan fingerprint density at radius 2 is 1.84 bits per heavy atom. The standard InChI is InChI=1S/C14H21AsN2O2/c1-15(9-12-16-10-3-2-4-11-16)13-5-7-14(8-6-13)17(18)19/h5-8H,2-4,9-12H2,1H3. The fourth-order valence-corrected chi connectivity index (χ4v) is 5.58. The van der Waals surface area contributed by atoms with Gasteiger partial charge in [-0.3, -0.25) is 0 Å². The molecule has 0 spiro atoms. The molecule has 1 fully saturated rings. The number of piperidine rings is 1. The molecule has 1 aliphatic rings. The molecule has 1 heterocycles. The van der Waals surface area contributed by atoms with E-state index in [1.807, 2.05) is 12.1 Å². The average Bonchev–Trinajstić information content (AvgIpc) is 2.46. The summed E-state index contributed by atoms with van der Waals surface area (Å²) < 4.78 is 1.34. The Morgan fingerprint density at radius 1 is 1.21 bits per heavy atom. The Morgan fingerprint density at radius 3 is 2.42 bits per heavy atom. The number of nitro groups is 1. The van der Waals surface area contributed by atoms with E-state index >= 15 is 0 Å². The van der Waals surface area contributed by atoms with Crippen molar-refractivity contribution in [1.29, 1.82) is 0 Å². The molecule has 4 nitrogen and oxygen atoms in total. The topological polar surface area (TPSA) is 46.4 Å². The monoisotopic (exact) mass is 324 g/mol. The van der Waals surface area contributed by atoms with Crippen LogP contribution in [0.2, 0.25) is 10.9 Å². The van der Waals surface area contributed by atoms with Gasteiger partial charge < -0.3 is 0 Å². The van der Waals surface area contributed by atoms with Crippen molar-refractivity contribution in [3.8, 4) is 0 Å². The van der Waals surface area contributed by atoms with Crippen LogP contribution in [0, 0.1) is 10.1 Å². The third-order valence-corrected chi connectivity index (χ3v) is 8.00. The molecule has 1 aromatic carbocycles. The van der Waals surface area contributed by atoms with Gasteiger partial charge >= 0.3 is 119 Å². The second-order valence-electron chi connectivity index (χ2n) is 5.10. The van der Waals surface area contributed by atoms with Crippen LogP contribution < -0.4 is 4.35 Å². The van der Waals surface area contributed by atoms with Gasteiger partial charge in [-0.2, -0.15) is 0 Å². The summed E-state index contributed by atoms with van der Waals surface area (Å²) in [5.41, 5.74) is 2.54. The summed E-state index contributed by atoms with van der Waals surface area (Å²) in [5.74, 6) is 0. The van der Waals surface area contributed by atoms with Crippen molar-refractivity contribution >= 4 is 24.7 Å². The fraction of sp³-hybridized carbons (Fsp3) is 0.571. The summed E-state index contributed by atoms with van der Waals surface area (Å²) in [6.07, 6.45) is 4.06. The minimum absolute atomic E-state index is 0.196. The Hall–Kier alpha value is -0.862. The molecule has 1 unspecified atom stereocenters. The molecule has 1 aromatic rings. The zero-order valence-corrected chi connectivity index (χ0v) is 13.3. The molecule has 0 N–H and O–H groups in total. The SMILES string of the molecule is C[As](CCN1CCCCC1)c1ccc([N+](=O)[O-])cc1. The maximum atomic E-state index is 10.6. The number of likely N-dealkylation sites (tertiary alicyclic amines) is 1. The van der Waals surface area contributed by atoms with E-state index in [1.165, 1.54) is 48.5 Å². The van der Waals surface area contributed by atoms with Crippen LogP contribution in [0.25, 0.3) is 0 Å². The van der Waals surface area contributed by atoms with Gasteiger partial charge in [0.25, 0.3) is 0 Å². The minimum atomic E-state index is -1.02. The first kappa shape index (κ1) is 14.5. The van der Waals surface area contributed by atoms with Crippen molar-refractivity contribution in [2.24, 2.45) is 0 Å². The molecule has 1 atom stereocenters. The molecular weight excluding hydrogens is 303 g/mol. The zero-order valence-electron chi connectivity index (χ0n) is 11.4. The van der Waals surface area contributed by atoms with Crippen molar-refractivity contribution in [2.45, 2.75) is 30.2 Å². The molecule has 0 aliphatic carbocycles. The Bertz CT molecular complexity index is 416. The molecular formula is C14H21AsN2O2. The quantitative estimate of drug-likeness (QED) is 0.475.